The molecule has 0 unspecified atom stereocenters. The first-order valence-electron chi connectivity index (χ1n) is 9.44. The van der Waals surface area contributed by atoms with Crippen LogP contribution in [0.15, 0.2) is 0 Å². The van der Waals surface area contributed by atoms with Crippen molar-refractivity contribution in [1.82, 2.24) is 20.4 Å². The number of nitrogens with zero attached hydrogens (tertiary/aromatic N) is 3. The number of amides is 1. The molecular formula is C18H31N5O2. The van der Waals surface area contributed by atoms with Crippen LogP contribution in [0.5, 0.6) is 0 Å². The normalized spacial score (nSPS) is 18.0. The number of aromatic nitrogens is 2. The predicted octanol–water partition coefficient (Wildman–Crippen LogP) is 0.996. The summed E-state index contributed by atoms with van der Waals surface area (Å²) >= 11 is 0. The van der Waals surface area contributed by atoms with Crippen LogP contribution in [0, 0.1) is 5.92 Å². The van der Waals surface area contributed by atoms with E-state index in [0.717, 1.165) is 57.9 Å². The minimum atomic E-state index is 0.208. The van der Waals surface area contributed by atoms with Crippen molar-refractivity contribution in [3.05, 3.63) is 11.3 Å². The molecule has 1 aliphatic heterocycles. The van der Waals surface area contributed by atoms with Gasteiger partial charge in [-0.2, -0.15) is 5.10 Å². The van der Waals surface area contributed by atoms with Gasteiger partial charge in [-0.05, 0) is 18.8 Å². The molecule has 0 radical (unpaired) electrons. The van der Waals surface area contributed by atoms with Crippen LogP contribution in [0.3, 0.4) is 0 Å². The monoisotopic (exact) mass is 349 g/mol. The standard InChI is InChI=1S/C18H31N5O2/c1-13(2)16-15(12-19-6-7-20-17(24)14-4-5-14)18(22(3)21-16)23-8-10-25-11-9-23/h13-14,19H,4-12H2,1-3H3,(H,20,24). The highest BCUT2D eigenvalue weighted by Crippen LogP contribution is 2.29. The fourth-order valence-corrected chi connectivity index (χ4v) is 3.36. The largest absolute Gasteiger partial charge is 0.378 e. The van der Waals surface area contributed by atoms with Gasteiger partial charge in [-0.25, -0.2) is 0 Å². The van der Waals surface area contributed by atoms with Crippen molar-refractivity contribution in [2.75, 3.05) is 44.3 Å². The second kappa shape index (κ2) is 8.19. The Labute approximate surface area is 150 Å². The summed E-state index contributed by atoms with van der Waals surface area (Å²) < 4.78 is 7.49. The minimum absolute atomic E-state index is 0.208. The zero-order chi connectivity index (χ0) is 17.8. The van der Waals surface area contributed by atoms with Crippen LogP contribution in [0.2, 0.25) is 0 Å². The molecule has 1 aromatic heterocycles. The summed E-state index contributed by atoms with van der Waals surface area (Å²) in [4.78, 5) is 14.0. The lowest BCUT2D eigenvalue weighted by atomic mass is 10.0. The Kier molecular flexibility index (Phi) is 5.96. The molecule has 0 atom stereocenters. The molecule has 1 saturated heterocycles. The zero-order valence-corrected chi connectivity index (χ0v) is 15.7. The lowest BCUT2D eigenvalue weighted by Crippen LogP contribution is -2.38. The Bertz CT molecular complexity index is 589. The van der Waals surface area contributed by atoms with Crippen LogP contribution >= 0.6 is 0 Å². The molecule has 25 heavy (non-hydrogen) atoms. The molecule has 0 spiro atoms. The van der Waals surface area contributed by atoms with Gasteiger partial charge in [-0.3, -0.25) is 9.48 Å². The molecule has 7 heteroatoms. The molecule has 140 valence electrons. The third-order valence-electron chi connectivity index (χ3n) is 4.85. The van der Waals surface area contributed by atoms with E-state index in [0.29, 0.717) is 12.5 Å². The maximum atomic E-state index is 11.7. The lowest BCUT2D eigenvalue weighted by Gasteiger charge is -2.29. The summed E-state index contributed by atoms with van der Waals surface area (Å²) in [7, 11) is 2.02. The number of rotatable bonds is 8. The average Bonchev–Trinajstić information content (AvgIpc) is 3.39. The fraction of sp³-hybridized carbons (Fsp3) is 0.778. The molecule has 1 aromatic rings. The Morgan fingerprint density at radius 2 is 2.00 bits per heavy atom. The van der Waals surface area contributed by atoms with Gasteiger partial charge < -0.3 is 20.3 Å². The van der Waals surface area contributed by atoms with E-state index in [1.807, 2.05) is 11.7 Å². The summed E-state index contributed by atoms with van der Waals surface area (Å²) in [6, 6.07) is 0. The Morgan fingerprint density at radius 3 is 2.64 bits per heavy atom. The first-order chi connectivity index (χ1) is 12.1. The highest BCUT2D eigenvalue weighted by atomic mass is 16.5. The van der Waals surface area contributed by atoms with E-state index in [1.165, 1.54) is 11.4 Å². The van der Waals surface area contributed by atoms with Crippen LogP contribution in [0.1, 0.15) is 43.9 Å². The van der Waals surface area contributed by atoms with E-state index in [2.05, 4.69) is 29.4 Å². The van der Waals surface area contributed by atoms with Gasteiger partial charge in [0.05, 0.1) is 18.9 Å². The second-order valence-corrected chi connectivity index (χ2v) is 7.31. The van der Waals surface area contributed by atoms with Crippen molar-refractivity contribution in [3.8, 4) is 0 Å². The van der Waals surface area contributed by atoms with Crippen LogP contribution < -0.4 is 15.5 Å². The van der Waals surface area contributed by atoms with Gasteiger partial charge in [0.15, 0.2) is 0 Å². The van der Waals surface area contributed by atoms with Crippen molar-refractivity contribution in [3.63, 3.8) is 0 Å². The van der Waals surface area contributed by atoms with Gasteiger partial charge in [0.2, 0.25) is 5.91 Å². The van der Waals surface area contributed by atoms with Crippen molar-refractivity contribution >= 4 is 11.7 Å². The highest BCUT2D eigenvalue weighted by Gasteiger charge is 2.29. The number of aryl methyl sites for hydroxylation is 1. The molecule has 3 rings (SSSR count). The molecule has 2 N–H and O–H groups in total. The molecule has 2 aliphatic rings. The van der Waals surface area contributed by atoms with Crippen molar-refractivity contribution < 1.29 is 9.53 Å². The van der Waals surface area contributed by atoms with Crippen molar-refractivity contribution in [2.24, 2.45) is 13.0 Å². The molecule has 0 aromatic carbocycles. The molecule has 1 saturated carbocycles. The van der Waals surface area contributed by atoms with E-state index in [-0.39, 0.29) is 11.8 Å². The topological polar surface area (TPSA) is 71.4 Å². The van der Waals surface area contributed by atoms with Gasteiger partial charge >= 0.3 is 0 Å². The average molecular weight is 349 g/mol. The third-order valence-corrected chi connectivity index (χ3v) is 4.85. The van der Waals surface area contributed by atoms with E-state index in [9.17, 15) is 4.79 Å². The van der Waals surface area contributed by atoms with Gasteiger partial charge in [-0.1, -0.05) is 13.8 Å². The third kappa shape index (κ3) is 4.52. The van der Waals surface area contributed by atoms with Crippen molar-refractivity contribution in [2.45, 2.75) is 39.2 Å². The van der Waals surface area contributed by atoms with E-state index in [1.54, 1.807) is 0 Å². The molecule has 1 aliphatic carbocycles. The van der Waals surface area contributed by atoms with E-state index in [4.69, 9.17) is 9.84 Å². The van der Waals surface area contributed by atoms with Crippen LogP contribution in [0.4, 0.5) is 5.82 Å². The van der Waals surface area contributed by atoms with Crippen molar-refractivity contribution in [1.29, 1.82) is 0 Å². The molecule has 1 amide bonds. The number of anilines is 1. The maximum Gasteiger partial charge on any atom is 0.223 e. The number of hydrogen-bond donors (Lipinski definition) is 2. The number of hydrogen-bond acceptors (Lipinski definition) is 5. The summed E-state index contributed by atoms with van der Waals surface area (Å²) in [6.07, 6.45) is 2.10. The van der Waals surface area contributed by atoms with Gasteiger partial charge in [0, 0.05) is 51.3 Å². The molecule has 2 heterocycles. The number of ether oxygens (including phenoxy) is 1. The minimum Gasteiger partial charge on any atom is -0.378 e. The first-order valence-corrected chi connectivity index (χ1v) is 9.44. The Balaban J connectivity index is 1.60. The van der Waals surface area contributed by atoms with Gasteiger partial charge in [0.1, 0.15) is 5.82 Å². The summed E-state index contributed by atoms with van der Waals surface area (Å²) in [5.41, 5.74) is 2.42. The zero-order valence-electron chi connectivity index (χ0n) is 15.7. The molecule has 7 nitrogen and oxygen atoms in total. The Morgan fingerprint density at radius 1 is 1.28 bits per heavy atom. The van der Waals surface area contributed by atoms with Crippen LogP contribution in [0.25, 0.3) is 0 Å². The highest BCUT2D eigenvalue weighted by molar-refractivity contribution is 5.80. The fourth-order valence-electron chi connectivity index (χ4n) is 3.36. The molecule has 0 bridgehead atoms. The maximum absolute atomic E-state index is 11.7. The molecular weight excluding hydrogens is 318 g/mol. The van der Waals surface area contributed by atoms with Gasteiger partial charge in [-0.15, -0.1) is 0 Å². The first kappa shape index (κ1) is 18.2. The SMILES string of the molecule is CC(C)c1nn(C)c(N2CCOCC2)c1CNCCNC(=O)C1CC1. The van der Waals surface area contributed by atoms with E-state index >= 15 is 0 Å². The number of carbonyl (C=O) groups is 1. The predicted molar refractivity (Wildman–Crippen MR) is 97.8 cm³/mol. The van der Waals surface area contributed by atoms with Gasteiger partial charge in [0.25, 0.3) is 0 Å². The smallest absolute Gasteiger partial charge is 0.223 e. The number of morpholine rings is 1. The van der Waals surface area contributed by atoms with Crippen LogP contribution in [-0.2, 0) is 23.1 Å². The quantitative estimate of drug-likeness (QED) is 0.685. The lowest BCUT2D eigenvalue weighted by molar-refractivity contribution is -0.122. The molecule has 2 fully saturated rings. The number of nitrogens with one attached hydrogen (secondary N) is 2. The Hall–Kier alpha value is -1.60. The second-order valence-electron chi connectivity index (χ2n) is 7.31. The summed E-state index contributed by atoms with van der Waals surface area (Å²) in [6.45, 7) is 9.93. The summed E-state index contributed by atoms with van der Waals surface area (Å²) in [5, 5.41) is 11.2. The summed E-state index contributed by atoms with van der Waals surface area (Å²) in [5.74, 6) is 2.06. The number of carbonyl (C=O) groups excluding carboxylic acids is 1. The van der Waals surface area contributed by atoms with Crippen LogP contribution in [-0.4, -0.2) is 55.1 Å². The van der Waals surface area contributed by atoms with E-state index < -0.39 is 0 Å².